The molecular weight excluding hydrogens is 404 g/mol. The van der Waals surface area contributed by atoms with Crippen LogP contribution in [0.4, 0.5) is 17.6 Å². The SMILES string of the molecule is O=C(O)c1ccc2nc(-c3ccc(F)c(-c4ccc(OC(F)(F)F)cc4)c3)[nH]c2c1. The largest absolute Gasteiger partial charge is 0.573 e. The first kappa shape index (κ1) is 19.4. The number of ether oxygens (including phenoxy) is 1. The van der Waals surface area contributed by atoms with Crippen LogP contribution in [0.15, 0.2) is 60.7 Å². The zero-order chi connectivity index (χ0) is 21.5. The molecule has 3 aromatic carbocycles. The van der Waals surface area contributed by atoms with Gasteiger partial charge in [0.1, 0.15) is 17.4 Å². The highest BCUT2D eigenvalue weighted by atomic mass is 19.4. The van der Waals surface area contributed by atoms with Crippen molar-refractivity contribution >= 4 is 17.0 Å². The average molecular weight is 416 g/mol. The van der Waals surface area contributed by atoms with Gasteiger partial charge >= 0.3 is 12.3 Å². The van der Waals surface area contributed by atoms with Gasteiger partial charge in [0.15, 0.2) is 0 Å². The third-order valence-corrected chi connectivity index (χ3v) is 4.37. The van der Waals surface area contributed by atoms with Gasteiger partial charge < -0.3 is 14.8 Å². The highest BCUT2D eigenvalue weighted by Gasteiger charge is 2.31. The van der Waals surface area contributed by atoms with Crippen molar-refractivity contribution in [2.75, 3.05) is 0 Å². The van der Waals surface area contributed by atoms with Crippen LogP contribution in [-0.2, 0) is 0 Å². The van der Waals surface area contributed by atoms with Crippen LogP contribution < -0.4 is 4.74 Å². The molecule has 0 saturated carbocycles. The number of carbonyl (C=O) groups is 1. The molecule has 0 spiro atoms. The van der Waals surface area contributed by atoms with E-state index in [0.29, 0.717) is 28.0 Å². The maximum absolute atomic E-state index is 14.4. The van der Waals surface area contributed by atoms with E-state index in [1.807, 2.05) is 0 Å². The number of aromatic amines is 1. The predicted octanol–water partition coefficient (Wildman–Crippen LogP) is 5.63. The Morgan fingerprint density at radius 3 is 2.33 bits per heavy atom. The summed E-state index contributed by atoms with van der Waals surface area (Å²) < 4.78 is 55.1. The molecule has 1 aromatic heterocycles. The Bertz CT molecular complexity index is 1250. The Kier molecular flexibility index (Phi) is 4.65. The number of fused-ring (bicyclic) bond motifs is 1. The van der Waals surface area contributed by atoms with Crippen molar-refractivity contribution in [2.24, 2.45) is 0 Å². The Hall–Kier alpha value is -3.88. The molecule has 0 fully saturated rings. The minimum Gasteiger partial charge on any atom is -0.478 e. The average Bonchev–Trinajstić information content (AvgIpc) is 3.11. The lowest BCUT2D eigenvalue weighted by Gasteiger charge is -2.10. The molecule has 9 heteroatoms. The summed E-state index contributed by atoms with van der Waals surface area (Å²) in [7, 11) is 0. The summed E-state index contributed by atoms with van der Waals surface area (Å²) in [4.78, 5) is 18.5. The number of aromatic nitrogens is 2. The molecule has 0 saturated heterocycles. The van der Waals surface area contributed by atoms with Crippen LogP contribution >= 0.6 is 0 Å². The number of H-pyrrole nitrogens is 1. The fourth-order valence-electron chi connectivity index (χ4n) is 3.01. The number of alkyl halides is 3. The smallest absolute Gasteiger partial charge is 0.478 e. The normalized spacial score (nSPS) is 11.6. The quantitative estimate of drug-likeness (QED) is 0.423. The minimum absolute atomic E-state index is 0.0960. The first-order chi connectivity index (χ1) is 14.2. The summed E-state index contributed by atoms with van der Waals surface area (Å²) in [5.74, 6) is -1.65. The van der Waals surface area contributed by atoms with Gasteiger partial charge in [-0.3, -0.25) is 0 Å². The number of aromatic carboxylic acids is 1. The molecule has 0 aliphatic rings. The van der Waals surface area contributed by atoms with Gasteiger partial charge in [-0.2, -0.15) is 0 Å². The van der Waals surface area contributed by atoms with Crippen LogP contribution in [0.3, 0.4) is 0 Å². The third kappa shape index (κ3) is 3.95. The van der Waals surface area contributed by atoms with Crippen LogP contribution in [0.1, 0.15) is 10.4 Å². The van der Waals surface area contributed by atoms with Gasteiger partial charge in [0, 0.05) is 11.1 Å². The number of rotatable bonds is 4. The van der Waals surface area contributed by atoms with Crippen LogP contribution in [0.2, 0.25) is 0 Å². The number of imidazole rings is 1. The first-order valence-corrected chi connectivity index (χ1v) is 8.59. The Balaban J connectivity index is 1.70. The van der Waals surface area contributed by atoms with E-state index in [1.165, 1.54) is 42.5 Å². The second-order valence-electron chi connectivity index (χ2n) is 6.39. The summed E-state index contributed by atoms with van der Waals surface area (Å²) in [5, 5.41) is 9.10. The van der Waals surface area contributed by atoms with Crippen LogP contribution in [0, 0.1) is 5.82 Å². The van der Waals surface area contributed by atoms with E-state index in [4.69, 9.17) is 5.11 Å². The van der Waals surface area contributed by atoms with E-state index >= 15 is 0 Å². The second-order valence-corrected chi connectivity index (χ2v) is 6.39. The topological polar surface area (TPSA) is 75.2 Å². The Morgan fingerprint density at radius 2 is 1.67 bits per heavy atom. The van der Waals surface area contributed by atoms with Crippen molar-refractivity contribution in [3.8, 4) is 28.3 Å². The molecule has 30 heavy (non-hydrogen) atoms. The summed E-state index contributed by atoms with van der Waals surface area (Å²) in [6.45, 7) is 0. The third-order valence-electron chi connectivity index (χ3n) is 4.37. The van der Waals surface area contributed by atoms with Crippen molar-refractivity contribution in [2.45, 2.75) is 6.36 Å². The first-order valence-electron chi connectivity index (χ1n) is 8.59. The van der Waals surface area contributed by atoms with Gasteiger partial charge in [0.25, 0.3) is 0 Å². The molecule has 0 aliphatic carbocycles. The molecule has 5 nitrogen and oxygen atoms in total. The lowest BCUT2D eigenvalue weighted by Crippen LogP contribution is -2.16. The summed E-state index contributed by atoms with van der Waals surface area (Å²) in [6, 6.07) is 13.5. The van der Waals surface area contributed by atoms with E-state index in [9.17, 15) is 22.4 Å². The fraction of sp³-hybridized carbons (Fsp3) is 0.0476. The van der Waals surface area contributed by atoms with Gasteiger partial charge in [0.05, 0.1) is 16.6 Å². The molecule has 4 aromatic rings. The molecule has 152 valence electrons. The minimum atomic E-state index is -4.81. The van der Waals surface area contributed by atoms with Gasteiger partial charge in [-0.05, 0) is 54.1 Å². The van der Waals surface area contributed by atoms with Crippen LogP contribution in [0.5, 0.6) is 5.75 Å². The fourth-order valence-corrected chi connectivity index (χ4v) is 3.01. The van der Waals surface area contributed by atoms with Crippen LogP contribution in [0.25, 0.3) is 33.5 Å². The summed E-state index contributed by atoms with van der Waals surface area (Å²) >= 11 is 0. The monoisotopic (exact) mass is 416 g/mol. The van der Waals surface area contributed by atoms with Crippen molar-refractivity contribution in [1.82, 2.24) is 9.97 Å². The maximum atomic E-state index is 14.4. The number of carboxylic acids is 1. The zero-order valence-corrected chi connectivity index (χ0v) is 15.0. The summed E-state index contributed by atoms with van der Waals surface area (Å²) in [5.41, 5.74) is 2.18. The lowest BCUT2D eigenvalue weighted by molar-refractivity contribution is -0.274. The van der Waals surface area contributed by atoms with Gasteiger partial charge in [-0.25, -0.2) is 14.2 Å². The molecule has 0 radical (unpaired) electrons. The molecule has 2 N–H and O–H groups in total. The van der Waals surface area contributed by atoms with Crippen molar-refractivity contribution < 1.29 is 32.2 Å². The molecule has 0 unspecified atom stereocenters. The number of hydrogen-bond donors (Lipinski definition) is 2. The highest BCUT2D eigenvalue weighted by Crippen LogP contribution is 2.31. The molecule has 4 rings (SSSR count). The predicted molar refractivity (Wildman–Crippen MR) is 101 cm³/mol. The van der Waals surface area contributed by atoms with Gasteiger partial charge in [-0.1, -0.05) is 12.1 Å². The molecule has 0 bridgehead atoms. The van der Waals surface area contributed by atoms with Gasteiger partial charge in [-0.15, -0.1) is 13.2 Å². The van der Waals surface area contributed by atoms with E-state index < -0.39 is 23.9 Å². The van der Waals surface area contributed by atoms with Crippen molar-refractivity contribution in [3.63, 3.8) is 0 Å². The number of nitrogens with one attached hydrogen (secondary N) is 1. The molecule has 0 amide bonds. The number of carboxylic acid groups (broad SMARTS) is 1. The van der Waals surface area contributed by atoms with Crippen LogP contribution in [-0.4, -0.2) is 27.4 Å². The Labute approximate surface area is 166 Å². The maximum Gasteiger partial charge on any atom is 0.573 e. The van der Waals surface area contributed by atoms with E-state index in [2.05, 4.69) is 14.7 Å². The molecule has 0 aliphatic heterocycles. The molecule has 1 heterocycles. The molecule has 0 atom stereocenters. The number of hydrogen-bond acceptors (Lipinski definition) is 3. The van der Waals surface area contributed by atoms with E-state index in [-0.39, 0.29) is 11.1 Å². The second kappa shape index (κ2) is 7.18. The lowest BCUT2D eigenvalue weighted by atomic mass is 10.0. The summed E-state index contributed by atoms with van der Waals surface area (Å²) in [6.07, 6.45) is -4.81. The standard InChI is InChI=1S/C21H12F4N2O3/c22-16-7-3-12(19-26-17-8-4-13(20(28)29)10-18(17)27-19)9-15(16)11-1-5-14(6-2-11)30-21(23,24)25/h1-10H,(H,26,27)(H,28,29). The zero-order valence-electron chi connectivity index (χ0n) is 15.0. The Morgan fingerprint density at radius 1 is 0.967 bits per heavy atom. The van der Waals surface area contributed by atoms with Crippen molar-refractivity contribution in [1.29, 1.82) is 0 Å². The number of nitrogens with zero attached hydrogens (tertiary/aromatic N) is 1. The molecular formula is C21H12F4N2O3. The number of benzene rings is 3. The van der Waals surface area contributed by atoms with Crippen molar-refractivity contribution in [3.05, 3.63) is 72.0 Å². The highest BCUT2D eigenvalue weighted by molar-refractivity contribution is 5.93. The van der Waals surface area contributed by atoms with Gasteiger partial charge in [0.2, 0.25) is 0 Å². The van der Waals surface area contributed by atoms with E-state index in [0.717, 1.165) is 12.1 Å². The number of halogens is 4. The van der Waals surface area contributed by atoms with E-state index in [1.54, 1.807) is 6.07 Å².